The Labute approximate surface area is 101 Å². The first-order valence-electron chi connectivity index (χ1n) is 5.87. The van der Waals surface area contributed by atoms with Gasteiger partial charge in [0, 0.05) is 5.56 Å². The highest BCUT2D eigenvalue weighted by Crippen LogP contribution is 2.32. The minimum Gasteiger partial charge on any atom is -0.454 e. The molecule has 1 atom stereocenters. The number of carbonyl (C=O) groups is 1. The zero-order chi connectivity index (χ0) is 12.3. The molecule has 2 rings (SSSR count). The van der Waals surface area contributed by atoms with Crippen molar-refractivity contribution >= 4 is 5.78 Å². The van der Waals surface area contributed by atoms with Crippen LogP contribution in [0.25, 0.3) is 0 Å². The van der Waals surface area contributed by atoms with E-state index in [0.717, 1.165) is 12.8 Å². The van der Waals surface area contributed by atoms with Crippen molar-refractivity contribution in [2.75, 3.05) is 13.8 Å². The van der Waals surface area contributed by atoms with E-state index in [-0.39, 0.29) is 18.6 Å². The van der Waals surface area contributed by atoms with Crippen LogP contribution in [0.4, 0.5) is 0 Å². The van der Waals surface area contributed by atoms with E-state index >= 15 is 0 Å². The van der Waals surface area contributed by atoms with Crippen LogP contribution in [0.15, 0.2) is 18.2 Å². The van der Waals surface area contributed by atoms with Crippen LogP contribution in [-0.4, -0.2) is 25.7 Å². The maximum Gasteiger partial charge on any atom is 0.231 e. The average molecular weight is 235 g/mol. The molecule has 4 heteroatoms. The van der Waals surface area contributed by atoms with Crippen LogP contribution >= 0.6 is 0 Å². The molecule has 1 aromatic rings. The third-order valence-electron chi connectivity index (χ3n) is 2.90. The minimum absolute atomic E-state index is 0.104. The van der Waals surface area contributed by atoms with Crippen molar-refractivity contribution in [3.63, 3.8) is 0 Å². The Morgan fingerprint density at radius 3 is 2.88 bits per heavy atom. The normalized spacial score (nSPS) is 14.7. The molecule has 1 aliphatic rings. The standard InChI is InChI=1S/C13H17NO3/c1-3-4-10(14-2)13(15)9-5-6-11-12(7-9)17-8-16-11/h5-7,10,14H,3-4,8H2,1-2H3. The molecule has 0 aliphatic carbocycles. The summed E-state index contributed by atoms with van der Waals surface area (Å²) in [4.78, 5) is 12.2. The van der Waals surface area contributed by atoms with Gasteiger partial charge >= 0.3 is 0 Å². The van der Waals surface area contributed by atoms with E-state index in [4.69, 9.17) is 9.47 Å². The lowest BCUT2D eigenvalue weighted by atomic mass is 10.0. The number of hydrogen-bond donors (Lipinski definition) is 1. The molecule has 92 valence electrons. The summed E-state index contributed by atoms with van der Waals surface area (Å²) in [5, 5.41) is 3.05. The van der Waals surface area contributed by atoms with Gasteiger partial charge in [0.2, 0.25) is 6.79 Å². The molecule has 1 aromatic carbocycles. The van der Waals surface area contributed by atoms with Crippen LogP contribution in [0.5, 0.6) is 11.5 Å². The van der Waals surface area contributed by atoms with E-state index in [2.05, 4.69) is 12.2 Å². The van der Waals surface area contributed by atoms with Gasteiger partial charge in [-0.25, -0.2) is 0 Å². The number of carbonyl (C=O) groups excluding carboxylic acids is 1. The summed E-state index contributed by atoms with van der Waals surface area (Å²) in [5.74, 6) is 1.47. The third kappa shape index (κ3) is 2.42. The maximum absolute atomic E-state index is 12.2. The van der Waals surface area contributed by atoms with Gasteiger partial charge in [0.15, 0.2) is 17.3 Å². The minimum atomic E-state index is -0.125. The predicted molar refractivity (Wildman–Crippen MR) is 64.7 cm³/mol. The summed E-state index contributed by atoms with van der Waals surface area (Å²) in [5.41, 5.74) is 0.669. The number of rotatable bonds is 5. The summed E-state index contributed by atoms with van der Waals surface area (Å²) in [6.07, 6.45) is 1.81. The largest absolute Gasteiger partial charge is 0.454 e. The summed E-state index contributed by atoms with van der Waals surface area (Å²) < 4.78 is 10.5. The molecular weight excluding hydrogens is 218 g/mol. The highest BCUT2D eigenvalue weighted by Gasteiger charge is 2.20. The van der Waals surface area contributed by atoms with Crippen LogP contribution in [0.1, 0.15) is 30.1 Å². The first-order chi connectivity index (χ1) is 8.26. The Morgan fingerprint density at radius 2 is 2.18 bits per heavy atom. The maximum atomic E-state index is 12.2. The third-order valence-corrected chi connectivity index (χ3v) is 2.90. The van der Waals surface area contributed by atoms with Gasteiger partial charge < -0.3 is 14.8 Å². The van der Waals surface area contributed by atoms with Crippen molar-refractivity contribution in [1.82, 2.24) is 5.32 Å². The van der Waals surface area contributed by atoms with Crippen LogP contribution in [0, 0.1) is 0 Å². The van der Waals surface area contributed by atoms with E-state index in [1.54, 1.807) is 18.2 Å². The van der Waals surface area contributed by atoms with E-state index in [1.165, 1.54) is 0 Å². The summed E-state index contributed by atoms with van der Waals surface area (Å²) >= 11 is 0. The van der Waals surface area contributed by atoms with E-state index in [1.807, 2.05) is 7.05 Å². The van der Waals surface area contributed by atoms with Crippen LogP contribution in [0.3, 0.4) is 0 Å². The Kier molecular flexibility index (Phi) is 3.64. The molecule has 17 heavy (non-hydrogen) atoms. The van der Waals surface area contributed by atoms with Crippen molar-refractivity contribution < 1.29 is 14.3 Å². The lowest BCUT2D eigenvalue weighted by Gasteiger charge is -2.14. The highest BCUT2D eigenvalue weighted by atomic mass is 16.7. The highest BCUT2D eigenvalue weighted by molar-refractivity contribution is 6.00. The second-order valence-electron chi connectivity index (χ2n) is 4.06. The first-order valence-corrected chi connectivity index (χ1v) is 5.87. The topological polar surface area (TPSA) is 47.6 Å². The molecule has 0 saturated carbocycles. The molecule has 4 nitrogen and oxygen atoms in total. The Morgan fingerprint density at radius 1 is 1.41 bits per heavy atom. The van der Waals surface area contributed by atoms with E-state index in [0.29, 0.717) is 17.1 Å². The lowest BCUT2D eigenvalue weighted by Crippen LogP contribution is -2.33. The van der Waals surface area contributed by atoms with Gasteiger partial charge in [0.1, 0.15) is 0 Å². The van der Waals surface area contributed by atoms with Gasteiger partial charge in [-0.05, 0) is 31.7 Å². The smallest absolute Gasteiger partial charge is 0.231 e. The summed E-state index contributed by atoms with van der Waals surface area (Å²) in [6.45, 7) is 2.30. The number of ketones is 1. The van der Waals surface area contributed by atoms with Gasteiger partial charge in [-0.2, -0.15) is 0 Å². The summed E-state index contributed by atoms with van der Waals surface area (Å²) in [7, 11) is 1.81. The molecule has 0 bridgehead atoms. The molecular formula is C13H17NO3. The second kappa shape index (κ2) is 5.19. The quantitative estimate of drug-likeness (QED) is 0.793. The molecule has 0 spiro atoms. The van der Waals surface area contributed by atoms with E-state index < -0.39 is 0 Å². The molecule has 1 heterocycles. The number of benzene rings is 1. The fourth-order valence-corrected chi connectivity index (χ4v) is 1.95. The van der Waals surface area contributed by atoms with Crippen molar-refractivity contribution in [3.8, 4) is 11.5 Å². The molecule has 0 saturated heterocycles. The average Bonchev–Trinajstić information content (AvgIpc) is 2.82. The van der Waals surface area contributed by atoms with Crippen LogP contribution in [-0.2, 0) is 0 Å². The zero-order valence-electron chi connectivity index (χ0n) is 10.2. The lowest BCUT2D eigenvalue weighted by molar-refractivity contribution is 0.0941. The molecule has 1 N–H and O–H groups in total. The second-order valence-corrected chi connectivity index (χ2v) is 4.06. The van der Waals surface area contributed by atoms with E-state index in [9.17, 15) is 4.79 Å². The van der Waals surface area contributed by atoms with Crippen molar-refractivity contribution in [2.45, 2.75) is 25.8 Å². The molecule has 0 aromatic heterocycles. The Bertz CT molecular complexity index is 417. The SMILES string of the molecule is CCCC(NC)C(=O)c1ccc2c(c1)OCO2. The number of hydrogen-bond acceptors (Lipinski definition) is 4. The molecule has 0 amide bonds. The fourth-order valence-electron chi connectivity index (χ4n) is 1.95. The number of fused-ring (bicyclic) bond motifs is 1. The summed E-state index contributed by atoms with van der Waals surface area (Å²) in [6, 6.07) is 5.20. The Balaban J connectivity index is 2.19. The zero-order valence-corrected chi connectivity index (χ0v) is 10.2. The van der Waals surface area contributed by atoms with Gasteiger partial charge in [0.05, 0.1) is 6.04 Å². The van der Waals surface area contributed by atoms with Crippen LogP contribution in [0.2, 0.25) is 0 Å². The number of likely N-dealkylation sites (N-methyl/N-ethyl adjacent to an activating group) is 1. The molecule has 0 fully saturated rings. The predicted octanol–water partition coefficient (Wildman–Crippen LogP) is 1.99. The van der Waals surface area contributed by atoms with Gasteiger partial charge in [-0.15, -0.1) is 0 Å². The number of Topliss-reactive ketones (excluding diaryl/α,β-unsaturated/α-hetero) is 1. The number of nitrogens with one attached hydrogen (secondary N) is 1. The molecule has 1 aliphatic heterocycles. The van der Waals surface area contributed by atoms with Gasteiger partial charge in [-0.1, -0.05) is 13.3 Å². The molecule has 1 unspecified atom stereocenters. The fraction of sp³-hybridized carbons (Fsp3) is 0.462. The van der Waals surface area contributed by atoms with Crippen molar-refractivity contribution in [1.29, 1.82) is 0 Å². The van der Waals surface area contributed by atoms with Crippen LogP contribution < -0.4 is 14.8 Å². The first kappa shape index (κ1) is 11.9. The van der Waals surface area contributed by atoms with Crippen molar-refractivity contribution in [2.24, 2.45) is 0 Å². The number of ether oxygens (including phenoxy) is 2. The van der Waals surface area contributed by atoms with Gasteiger partial charge in [0.25, 0.3) is 0 Å². The van der Waals surface area contributed by atoms with Crippen molar-refractivity contribution in [3.05, 3.63) is 23.8 Å². The van der Waals surface area contributed by atoms with Gasteiger partial charge in [-0.3, -0.25) is 4.79 Å². The molecule has 0 radical (unpaired) electrons. The Hall–Kier alpha value is -1.55. The monoisotopic (exact) mass is 235 g/mol.